The number of amides is 4. The van der Waals surface area contributed by atoms with E-state index in [1.807, 2.05) is 42.6 Å². The number of benzene rings is 1. The number of carbonyl (C=O) groups is 3. The van der Waals surface area contributed by atoms with Gasteiger partial charge in [0.25, 0.3) is 0 Å². The number of hydrogen-bond acceptors (Lipinski definition) is 5. The molecule has 0 bridgehead atoms. The molecule has 2 atom stereocenters. The smallest absolute Gasteiger partial charge is 0.321 e. The van der Waals surface area contributed by atoms with Crippen LogP contribution in [0.25, 0.3) is 0 Å². The van der Waals surface area contributed by atoms with Crippen molar-refractivity contribution in [3.05, 3.63) is 54.4 Å². The summed E-state index contributed by atoms with van der Waals surface area (Å²) in [5.74, 6) is 0.946. The second kappa shape index (κ2) is 9.09. The van der Waals surface area contributed by atoms with Crippen molar-refractivity contribution >= 4 is 23.5 Å². The van der Waals surface area contributed by atoms with Gasteiger partial charge in [-0.1, -0.05) is 6.07 Å². The number of urea groups is 1. The summed E-state index contributed by atoms with van der Waals surface area (Å²) in [4.78, 5) is 44.0. The van der Waals surface area contributed by atoms with E-state index in [9.17, 15) is 14.4 Å². The van der Waals surface area contributed by atoms with Crippen molar-refractivity contribution in [1.29, 1.82) is 0 Å². The van der Waals surface area contributed by atoms with Gasteiger partial charge in [0.05, 0.1) is 6.54 Å². The van der Waals surface area contributed by atoms with Crippen molar-refractivity contribution in [3.63, 3.8) is 0 Å². The number of ether oxygens (including phenoxy) is 1. The Labute approximate surface area is 192 Å². The quantitative estimate of drug-likeness (QED) is 0.726. The maximum absolute atomic E-state index is 12.5. The third-order valence-corrected chi connectivity index (χ3v) is 6.48. The molecule has 5 rings (SSSR count). The minimum Gasteiger partial charge on any atom is -0.489 e. The van der Waals surface area contributed by atoms with E-state index >= 15 is 0 Å². The highest BCUT2D eigenvalue weighted by atomic mass is 16.5. The zero-order valence-electron chi connectivity index (χ0n) is 18.3. The van der Waals surface area contributed by atoms with Gasteiger partial charge in [-0.25, -0.2) is 4.79 Å². The highest BCUT2D eigenvalue weighted by Gasteiger charge is 2.35. The van der Waals surface area contributed by atoms with E-state index in [0.29, 0.717) is 56.4 Å². The molecule has 3 aliphatic rings. The lowest BCUT2D eigenvalue weighted by Crippen LogP contribution is -2.50. The molecule has 3 aliphatic heterocycles. The van der Waals surface area contributed by atoms with Gasteiger partial charge in [0.2, 0.25) is 11.8 Å². The van der Waals surface area contributed by atoms with Crippen molar-refractivity contribution in [3.8, 4) is 5.75 Å². The number of pyridine rings is 1. The van der Waals surface area contributed by atoms with Crippen molar-refractivity contribution in [1.82, 2.24) is 20.1 Å². The average molecular weight is 450 g/mol. The maximum atomic E-state index is 12.5. The molecule has 4 amide bonds. The minimum absolute atomic E-state index is 0.0261. The van der Waals surface area contributed by atoms with Crippen molar-refractivity contribution < 1.29 is 19.1 Å². The molecule has 172 valence electrons. The first kappa shape index (κ1) is 21.2. The number of aromatic nitrogens is 1. The summed E-state index contributed by atoms with van der Waals surface area (Å²) in [5.41, 5.74) is 1.86. The van der Waals surface area contributed by atoms with Gasteiger partial charge in [0.1, 0.15) is 17.9 Å². The summed E-state index contributed by atoms with van der Waals surface area (Å²) in [7, 11) is 0. The van der Waals surface area contributed by atoms with Crippen LogP contribution in [0.1, 0.15) is 30.7 Å². The van der Waals surface area contributed by atoms with Gasteiger partial charge in [0.15, 0.2) is 0 Å². The van der Waals surface area contributed by atoms with E-state index in [1.54, 1.807) is 16.0 Å². The fourth-order valence-corrected chi connectivity index (χ4v) is 4.53. The lowest BCUT2D eigenvalue weighted by atomic mass is 9.93. The third kappa shape index (κ3) is 4.76. The molecule has 3 fully saturated rings. The molecule has 9 nitrogen and oxygen atoms in total. The Morgan fingerprint density at radius 3 is 2.58 bits per heavy atom. The summed E-state index contributed by atoms with van der Waals surface area (Å²) in [6, 6.07) is 10.7. The summed E-state index contributed by atoms with van der Waals surface area (Å²) in [6.45, 7) is 2.50. The minimum atomic E-state index is -0.398. The van der Waals surface area contributed by atoms with Gasteiger partial charge in [-0.15, -0.1) is 0 Å². The molecule has 3 saturated heterocycles. The fourth-order valence-electron chi connectivity index (χ4n) is 4.53. The van der Waals surface area contributed by atoms with Gasteiger partial charge < -0.3 is 25.2 Å². The molecule has 2 N–H and O–H groups in total. The van der Waals surface area contributed by atoms with Crippen molar-refractivity contribution in [2.75, 3.05) is 31.5 Å². The lowest BCUT2D eigenvalue weighted by Gasteiger charge is -2.39. The molecular weight excluding hydrogens is 422 g/mol. The van der Waals surface area contributed by atoms with Crippen LogP contribution < -0.4 is 15.4 Å². The number of hydrogen-bond donors (Lipinski definition) is 2. The monoisotopic (exact) mass is 449 g/mol. The predicted molar refractivity (Wildman–Crippen MR) is 121 cm³/mol. The predicted octanol–water partition coefficient (Wildman–Crippen LogP) is 1.97. The van der Waals surface area contributed by atoms with Crippen LogP contribution in [0.3, 0.4) is 0 Å². The van der Waals surface area contributed by atoms with Crippen LogP contribution in [0, 0.1) is 0 Å². The Balaban J connectivity index is 1.07. The van der Waals surface area contributed by atoms with Crippen LogP contribution >= 0.6 is 0 Å². The Kier molecular flexibility index (Phi) is 5.85. The van der Waals surface area contributed by atoms with Gasteiger partial charge in [0, 0.05) is 56.5 Å². The standard InChI is InChI=1S/C24H27N5O4/c30-22-8-7-21(27-22)23(31)28-11-9-20(15-28)33-19-5-3-18(4-6-19)26-24(32)29-13-17(14-29)16-2-1-10-25-12-16/h1-6,10,12,17,20-21H,7-9,11,13-15H2,(H,26,32)(H,27,30)/t20?,21-/m0/s1. The molecule has 4 heterocycles. The highest BCUT2D eigenvalue weighted by molar-refractivity contribution is 5.91. The van der Waals surface area contributed by atoms with Crippen LogP contribution in [0.15, 0.2) is 48.8 Å². The number of nitrogens with zero attached hydrogens (tertiary/aromatic N) is 3. The number of likely N-dealkylation sites (tertiary alicyclic amines) is 2. The number of rotatable bonds is 5. The van der Waals surface area contributed by atoms with Gasteiger partial charge >= 0.3 is 6.03 Å². The van der Waals surface area contributed by atoms with E-state index < -0.39 is 6.04 Å². The fraction of sp³-hybridized carbons (Fsp3) is 0.417. The molecule has 33 heavy (non-hydrogen) atoms. The molecule has 0 spiro atoms. The normalized spacial score (nSPS) is 22.6. The summed E-state index contributed by atoms with van der Waals surface area (Å²) < 4.78 is 6.03. The zero-order valence-corrected chi connectivity index (χ0v) is 18.3. The number of anilines is 1. The largest absolute Gasteiger partial charge is 0.489 e. The SMILES string of the molecule is O=C1CC[C@@H](C(=O)N2CCC(Oc3ccc(NC(=O)N4CC(c5cccnc5)C4)cc3)C2)N1. The molecule has 1 unspecified atom stereocenters. The van der Waals surface area contributed by atoms with Crippen LogP contribution in [-0.4, -0.2) is 71.0 Å². The van der Waals surface area contributed by atoms with Gasteiger partial charge in [-0.05, 0) is 42.3 Å². The Hall–Kier alpha value is -3.62. The van der Waals surface area contributed by atoms with E-state index in [0.717, 1.165) is 12.0 Å². The molecule has 1 aromatic carbocycles. The van der Waals surface area contributed by atoms with Crippen LogP contribution in [0.4, 0.5) is 10.5 Å². The zero-order chi connectivity index (χ0) is 22.8. The first-order valence-corrected chi connectivity index (χ1v) is 11.4. The van der Waals surface area contributed by atoms with Gasteiger partial charge in [-0.2, -0.15) is 0 Å². The second-order valence-electron chi connectivity index (χ2n) is 8.81. The Morgan fingerprint density at radius 2 is 1.88 bits per heavy atom. The first-order chi connectivity index (χ1) is 16.0. The molecule has 1 aromatic heterocycles. The van der Waals surface area contributed by atoms with Crippen LogP contribution in [-0.2, 0) is 9.59 Å². The van der Waals surface area contributed by atoms with E-state index in [4.69, 9.17) is 4.74 Å². The van der Waals surface area contributed by atoms with E-state index in [2.05, 4.69) is 15.6 Å². The number of carbonyl (C=O) groups excluding carboxylic acids is 3. The average Bonchev–Trinajstić information content (AvgIpc) is 3.43. The molecule has 0 saturated carbocycles. The second-order valence-corrected chi connectivity index (χ2v) is 8.81. The Morgan fingerprint density at radius 1 is 1.06 bits per heavy atom. The van der Waals surface area contributed by atoms with Crippen molar-refractivity contribution in [2.24, 2.45) is 0 Å². The van der Waals surface area contributed by atoms with E-state index in [-0.39, 0.29) is 23.9 Å². The number of nitrogens with one attached hydrogen (secondary N) is 2. The summed E-state index contributed by atoms with van der Waals surface area (Å²) in [6.07, 6.45) is 5.24. The Bertz CT molecular complexity index is 1020. The molecule has 2 aromatic rings. The highest BCUT2D eigenvalue weighted by Crippen LogP contribution is 2.27. The van der Waals surface area contributed by atoms with Gasteiger partial charge in [-0.3, -0.25) is 14.6 Å². The van der Waals surface area contributed by atoms with Crippen molar-refractivity contribution in [2.45, 2.75) is 37.3 Å². The molecule has 9 heteroatoms. The van der Waals surface area contributed by atoms with E-state index in [1.165, 1.54) is 0 Å². The maximum Gasteiger partial charge on any atom is 0.321 e. The van der Waals surface area contributed by atoms with Crippen LogP contribution in [0.2, 0.25) is 0 Å². The lowest BCUT2D eigenvalue weighted by molar-refractivity contribution is -0.133. The molecule has 0 radical (unpaired) electrons. The topological polar surface area (TPSA) is 104 Å². The first-order valence-electron chi connectivity index (χ1n) is 11.4. The summed E-state index contributed by atoms with van der Waals surface area (Å²) in [5, 5.41) is 5.65. The van der Waals surface area contributed by atoms with Crippen LogP contribution in [0.5, 0.6) is 5.75 Å². The summed E-state index contributed by atoms with van der Waals surface area (Å²) >= 11 is 0. The third-order valence-electron chi connectivity index (χ3n) is 6.48. The molecule has 0 aliphatic carbocycles. The molecular formula is C24H27N5O4.